The lowest BCUT2D eigenvalue weighted by atomic mass is 10.2. The predicted octanol–water partition coefficient (Wildman–Crippen LogP) is 4.37. The third kappa shape index (κ3) is 5.26. The van der Waals surface area contributed by atoms with Gasteiger partial charge in [-0.1, -0.05) is 49.4 Å². The Kier molecular flexibility index (Phi) is 6.71. The molecule has 1 saturated heterocycles. The Bertz CT molecular complexity index is 962. The van der Waals surface area contributed by atoms with Gasteiger partial charge in [0.1, 0.15) is 5.82 Å². The van der Waals surface area contributed by atoms with Gasteiger partial charge in [-0.25, -0.2) is 4.39 Å². The molecule has 1 aliphatic rings. The van der Waals surface area contributed by atoms with E-state index in [2.05, 4.69) is 10.2 Å². The summed E-state index contributed by atoms with van der Waals surface area (Å²) < 4.78 is 13.2. The van der Waals surface area contributed by atoms with Crippen molar-refractivity contribution in [3.8, 4) is 0 Å². The average Bonchev–Trinajstić information content (AvgIpc) is 2.99. The van der Waals surface area contributed by atoms with Crippen LogP contribution in [0.3, 0.4) is 0 Å². The first-order valence-corrected chi connectivity index (χ1v) is 9.94. The first kappa shape index (κ1) is 20.7. The van der Waals surface area contributed by atoms with Crippen LogP contribution in [0.5, 0.6) is 0 Å². The smallest absolute Gasteiger partial charge is 0.270 e. The highest BCUT2D eigenvalue weighted by molar-refractivity contribution is 8.15. The van der Waals surface area contributed by atoms with E-state index >= 15 is 0 Å². The van der Waals surface area contributed by atoms with Crippen LogP contribution >= 0.6 is 11.8 Å². The van der Waals surface area contributed by atoms with Crippen molar-refractivity contribution in [2.24, 2.45) is 10.2 Å². The maximum Gasteiger partial charge on any atom is 0.270 e. The standard InChI is InChI=1S/C20H19FN4O3S/c1-2-4-18-19(26)24(13-14-7-9-16(21)10-8-14)20(29-18)23-22-12-15-5-3-6-17(11-15)25(27)28/h3,5-12,18H,2,4,13H2,1H3/b22-12-,23-20-/t18-/m0/s1. The Morgan fingerprint density at radius 2 is 2.03 bits per heavy atom. The highest BCUT2D eigenvalue weighted by Gasteiger charge is 2.37. The normalized spacial score (nSPS) is 18.1. The van der Waals surface area contributed by atoms with Crippen molar-refractivity contribution in [1.29, 1.82) is 0 Å². The van der Waals surface area contributed by atoms with Crippen molar-refractivity contribution in [1.82, 2.24) is 4.90 Å². The number of carbonyl (C=O) groups is 1. The van der Waals surface area contributed by atoms with Gasteiger partial charge in [-0.3, -0.25) is 19.8 Å². The third-order valence-electron chi connectivity index (χ3n) is 4.26. The number of carbonyl (C=O) groups excluding carboxylic acids is 1. The zero-order chi connectivity index (χ0) is 20.8. The van der Waals surface area contributed by atoms with Crippen LogP contribution in [-0.2, 0) is 11.3 Å². The van der Waals surface area contributed by atoms with E-state index in [1.807, 2.05) is 6.92 Å². The van der Waals surface area contributed by atoms with Crippen LogP contribution < -0.4 is 0 Å². The van der Waals surface area contributed by atoms with E-state index in [-0.39, 0.29) is 29.2 Å². The maximum atomic E-state index is 13.2. The van der Waals surface area contributed by atoms with Gasteiger partial charge < -0.3 is 0 Å². The number of amidine groups is 1. The number of non-ortho nitro benzene ring substituents is 1. The summed E-state index contributed by atoms with van der Waals surface area (Å²) in [6.45, 7) is 2.28. The molecule has 0 unspecified atom stereocenters. The van der Waals surface area contributed by atoms with Crippen molar-refractivity contribution in [2.75, 3.05) is 0 Å². The largest absolute Gasteiger partial charge is 0.284 e. The van der Waals surface area contributed by atoms with E-state index in [1.54, 1.807) is 29.2 Å². The lowest BCUT2D eigenvalue weighted by Crippen LogP contribution is -2.31. The summed E-state index contributed by atoms with van der Waals surface area (Å²) in [6, 6.07) is 12.0. The second-order valence-electron chi connectivity index (χ2n) is 6.43. The number of thioether (sulfide) groups is 1. The first-order chi connectivity index (χ1) is 14.0. The highest BCUT2D eigenvalue weighted by Crippen LogP contribution is 2.31. The number of halogens is 1. The third-order valence-corrected chi connectivity index (χ3v) is 5.49. The summed E-state index contributed by atoms with van der Waals surface area (Å²) in [7, 11) is 0. The Hall–Kier alpha value is -3.07. The fourth-order valence-electron chi connectivity index (χ4n) is 2.81. The van der Waals surface area contributed by atoms with Gasteiger partial charge in [0.15, 0.2) is 5.17 Å². The van der Waals surface area contributed by atoms with Crippen molar-refractivity contribution < 1.29 is 14.1 Å². The molecule has 1 atom stereocenters. The molecule has 0 bridgehead atoms. The van der Waals surface area contributed by atoms with E-state index in [0.29, 0.717) is 10.7 Å². The summed E-state index contributed by atoms with van der Waals surface area (Å²) >= 11 is 1.35. The van der Waals surface area contributed by atoms with E-state index in [9.17, 15) is 19.3 Å². The molecule has 3 rings (SSSR count). The molecule has 0 saturated carbocycles. The number of amides is 1. The number of benzene rings is 2. The molecule has 0 aromatic heterocycles. The highest BCUT2D eigenvalue weighted by atomic mass is 32.2. The number of hydrogen-bond donors (Lipinski definition) is 0. The topological polar surface area (TPSA) is 88.2 Å². The molecule has 2 aromatic carbocycles. The molecule has 150 valence electrons. The molecule has 0 N–H and O–H groups in total. The maximum absolute atomic E-state index is 13.2. The molecule has 1 aliphatic heterocycles. The Balaban J connectivity index is 1.81. The predicted molar refractivity (Wildman–Crippen MR) is 111 cm³/mol. The van der Waals surface area contributed by atoms with E-state index in [4.69, 9.17) is 0 Å². The number of nitro groups is 1. The first-order valence-electron chi connectivity index (χ1n) is 9.06. The second kappa shape index (κ2) is 9.42. The SMILES string of the molecule is CCC[C@@H]1S/C(=N\N=C/c2cccc([N+](=O)[O-])c2)N(Cc2ccc(F)cc2)C1=O. The molecule has 1 fully saturated rings. The van der Waals surface area contributed by atoms with Gasteiger partial charge in [0, 0.05) is 17.7 Å². The van der Waals surface area contributed by atoms with Gasteiger partial charge in [0.25, 0.3) is 5.69 Å². The number of rotatable bonds is 7. The Morgan fingerprint density at radius 3 is 2.72 bits per heavy atom. The van der Waals surface area contributed by atoms with Crippen molar-refractivity contribution >= 4 is 34.7 Å². The molecule has 7 nitrogen and oxygen atoms in total. The van der Waals surface area contributed by atoms with Crippen LogP contribution in [0.4, 0.5) is 10.1 Å². The molecule has 9 heteroatoms. The minimum absolute atomic E-state index is 0.0343. The summed E-state index contributed by atoms with van der Waals surface area (Å²) in [4.78, 5) is 24.7. The van der Waals surface area contributed by atoms with Gasteiger partial charge in [-0.05, 0) is 24.1 Å². The number of hydrogen-bond acceptors (Lipinski definition) is 6. The van der Waals surface area contributed by atoms with Gasteiger partial charge in [0.05, 0.1) is 22.9 Å². The van der Waals surface area contributed by atoms with Gasteiger partial charge >= 0.3 is 0 Å². The molecule has 0 aliphatic carbocycles. The van der Waals surface area contributed by atoms with Crippen LogP contribution in [0.2, 0.25) is 0 Å². The average molecular weight is 414 g/mol. The second-order valence-corrected chi connectivity index (χ2v) is 7.60. The fourth-order valence-corrected chi connectivity index (χ4v) is 4.03. The Morgan fingerprint density at radius 1 is 1.28 bits per heavy atom. The molecule has 1 amide bonds. The van der Waals surface area contributed by atoms with E-state index in [0.717, 1.165) is 18.4 Å². The molecule has 0 radical (unpaired) electrons. The summed E-state index contributed by atoms with van der Waals surface area (Å²) in [6.07, 6.45) is 2.99. The number of nitro benzene ring substituents is 1. The van der Waals surface area contributed by atoms with Gasteiger partial charge in [-0.15, -0.1) is 5.10 Å². The lowest BCUT2D eigenvalue weighted by molar-refractivity contribution is -0.384. The van der Waals surface area contributed by atoms with Crippen molar-refractivity contribution in [2.45, 2.75) is 31.6 Å². The lowest BCUT2D eigenvalue weighted by Gasteiger charge is -2.15. The van der Waals surface area contributed by atoms with Crippen LogP contribution in [0.1, 0.15) is 30.9 Å². The summed E-state index contributed by atoms with van der Waals surface area (Å²) in [5.74, 6) is -0.388. The van der Waals surface area contributed by atoms with Crippen molar-refractivity contribution in [3.05, 3.63) is 75.6 Å². The molecule has 1 heterocycles. The quantitative estimate of drug-likeness (QED) is 0.382. The summed E-state index contributed by atoms with van der Waals surface area (Å²) in [5.41, 5.74) is 1.29. The minimum atomic E-state index is -0.478. The van der Waals surface area contributed by atoms with Gasteiger partial charge in [-0.2, -0.15) is 5.10 Å². The molecular weight excluding hydrogens is 395 g/mol. The molecule has 0 spiro atoms. The van der Waals surface area contributed by atoms with Gasteiger partial charge in [0.2, 0.25) is 5.91 Å². The number of nitrogens with zero attached hydrogens (tertiary/aromatic N) is 4. The minimum Gasteiger partial charge on any atom is -0.284 e. The monoisotopic (exact) mass is 414 g/mol. The summed E-state index contributed by atoms with van der Waals surface area (Å²) in [5, 5.41) is 19.3. The van der Waals surface area contributed by atoms with Crippen LogP contribution in [0.25, 0.3) is 0 Å². The van der Waals surface area contributed by atoms with Crippen LogP contribution in [0.15, 0.2) is 58.7 Å². The van der Waals surface area contributed by atoms with Crippen molar-refractivity contribution in [3.63, 3.8) is 0 Å². The van der Waals surface area contributed by atoms with Crippen LogP contribution in [-0.4, -0.2) is 32.4 Å². The van der Waals surface area contributed by atoms with E-state index in [1.165, 1.54) is 42.2 Å². The fraction of sp³-hybridized carbons (Fsp3) is 0.250. The Labute approximate surface area is 171 Å². The van der Waals surface area contributed by atoms with Crippen LogP contribution in [0, 0.1) is 15.9 Å². The zero-order valence-corrected chi connectivity index (χ0v) is 16.5. The van der Waals surface area contributed by atoms with E-state index < -0.39 is 4.92 Å². The molecular formula is C20H19FN4O3S. The molecule has 2 aromatic rings. The zero-order valence-electron chi connectivity index (χ0n) is 15.7. The molecule has 29 heavy (non-hydrogen) atoms.